The van der Waals surface area contributed by atoms with Crippen LogP contribution in [0.4, 0.5) is 0 Å². The molecule has 0 aliphatic carbocycles. The summed E-state index contributed by atoms with van der Waals surface area (Å²) in [6, 6.07) is 12.4. The standard InChI is InChI=1S/C15H14O2/c1-11-8-13(10-15(17)9-11)3-2-12-4-6-14(16)7-5-12/h2-10,16-17H,1H3/b3-2-. The second-order valence-electron chi connectivity index (χ2n) is 4.03. The molecule has 86 valence electrons. The SMILES string of the molecule is Cc1cc(O)cc(/C=C\c2ccc(O)cc2)c1. The summed E-state index contributed by atoms with van der Waals surface area (Å²) in [5.41, 5.74) is 2.98. The molecule has 0 fully saturated rings. The van der Waals surface area contributed by atoms with Crippen LogP contribution >= 0.6 is 0 Å². The Morgan fingerprint density at radius 1 is 0.765 bits per heavy atom. The first-order chi connectivity index (χ1) is 8.13. The van der Waals surface area contributed by atoms with Gasteiger partial charge in [-0.25, -0.2) is 0 Å². The highest BCUT2D eigenvalue weighted by Crippen LogP contribution is 2.18. The monoisotopic (exact) mass is 226 g/mol. The quantitative estimate of drug-likeness (QED) is 0.768. The minimum absolute atomic E-state index is 0.260. The Labute approximate surface area is 100 Å². The molecule has 17 heavy (non-hydrogen) atoms. The zero-order chi connectivity index (χ0) is 12.3. The third-order valence-corrected chi connectivity index (χ3v) is 2.45. The normalized spacial score (nSPS) is 10.9. The highest BCUT2D eigenvalue weighted by atomic mass is 16.3. The lowest BCUT2D eigenvalue weighted by molar-refractivity contribution is 0.474. The summed E-state index contributed by atoms with van der Waals surface area (Å²) < 4.78 is 0. The molecule has 2 aromatic rings. The average Bonchev–Trinajstić information content (AvgIpc) is 2.27. The van der Waals surface area contributed by atoms with Gasteiger partial charge in [0.15, 0.2) is 0 Å². The van der Waals surface area contributed by atoms with Crippen molar-refractivity contribution in [3.05, 3.63) is 59.2 Å². The number of hydrogen-bond acceptors (Lipinski definition) is 2. The van der Waals surface area contributed by atoms with Crippen molar-refractivity contribution >= 4 is 12.2 Å². The van der Waals surface area contributed by atoms with Crippen molar-refractivity contribution in [1.29, 1.82) is 0 Å². The van der Waals surface area contributed by atoms with Crippen molar-refractivity contribution < 1.29 is 10.2 Å². The summed E-state index contributed by atoms with van der Waals surface area (Å²) in [5, 5.41) is 18.6. The van der Waals surface area contributed by atoms with E-state index in [0.29, 0.717) is 0 Å². The molecule has 0 unspecified atom stereocenters. The molecule has 0 radical (unpaired) electrons. The largest absolute Gasteiger partial charge is 0.508 e. The zero-order valence-electron chi connectivity index (χ0n) is 9.59. The van der Waals surface area contributed by atoms with E-state index in [2.05, 4.69) is 0 Å². The van der Waals surface area contributed by atoms with Crippen LogP contribution in [-0.2, 0) is 0 Å². The van der Waals surface area contributed by atoms with Crippen LogP contribution in [0, 0.1) is 6.92 Å². The molecule has 0 spiro atoms. The Morgan fingerprint density at radius 3 is 2.06 bits per heavy atom. The van der Waals surface area contributed by atoms with E-state index in [9.17, 15) is 5.11 Å². The second kappa shape index (κ2) is 4.74. The van der Waals surface area contributed by atoms with E-state index >= 15 is 0 Å². The molecule has 0 aliphatic heterocycles. The maximum atomic E-state index is 9.46. The molecule has 0 aliphatic rings. The Morgan fingerprint density at radius 2 is 1.41 bits per heavy atom. The Balaban J connectivity index is 2.22. The Kier molecular flexibility index (Phi) is 3.15. The van der Waals surface area contributed by atoms with Crippen LogP contribution in [0.5, 0.6) is 11.5 Å². The predicted octanol–water partition coefficient (Wildman–Crippen LogP) is 3.58. The van der Waals surface area contributed by atoms with Crippen molar-refractivity contribution in [2.24, 2.45) is 0 Å². The minimum Gasteiger partial charge on any atom is -0.508 e. The van der Waals surface area contributed by atoms with E-state index in [4.69, 9.17) is 5.11 Å². The molecule has 0 saturated heterocycles. The van der Waals surface area contributed by atoms with Crippen LogP contribution in [0.15, 0.2) is 42.5 Å². The molecule has 0 amide bonds. The minimum atomic E-state index is 0.260. The summed E-state index contributed by atoms with van der Waals surface area (Å²) in [4.78, 5) is 0. The van der Waals surface area contributed by atoms with Gasteiger partial charge in [-0.15, -0.1) is 0 Å². The van der Waals surface area contributed by atoms with E-state index in [-0.39, 0.29) is 11.5 Å². The molecule has 0 bridgehead atoms. The topological polar surface area (TPSA) is 40.5 Å². The molecule has 0 saturated carbocycles. The van der Waals surface area contributed by atoms with Gasteiger partial charge in [0.25, 0.3) is 0 Å². The molecule has 2 nitrogen and oxygen atoms in total. The maximum absolute atomic E-state index is 9.46. The lowest BCUT2D eigenvalue weighted by Crippen LogP contribution is -1.77. The molecule has 2 aromatic carbocycles. The maximum Gasteiger partial charge on any atom is 0.116 e. The zero-order valence-corrected chi connectivity index (χ0v) is 9.59. The number of benzene rings is 2. The first kappa shape index (κ1) is 11.3. The molecule has 2 rings (SSSR count). The summed E-state index contributed by atoms with van der Waals surface area (Å²) in [5.74, 6) is 0.533. The molecule has 2 N–H and O–H groups in total. The third-order valence-electron chi connectivity index (χ3n) is 2.45. The van der Waals surface area contributed by atoms with Gasteiger partial charge < -0.3 is 10.2 Å². The van der Waals surface area contributed by atoms with Crippen LogP contribution in [0.25, 0.3) is 12.2 Å². The summed E-state index contributed by atoms with van der Waals surface area (Å²) in [6.07, 6.45) is 3.87. The fourth-order valence-corrected chi connectivity index (χ4v) is 1.67. The van der Waals surface area contributed by atoms with Gasteiger partial charge in [0.05, 0.1) is 0 Å². The molecule has 2 heteroatoms. The van der Waals surface area contributed by atoms with Gasteiger partial charge in [0.1, 0.15) is 11.5 Å². The van der Waals surface area contributed by atoms with Crippen LogP contribution in [0.2, 0.25) is 0 Å². The smallest absolute Gasteiger partial charge is 0.116 e. The predicted molar refractivity (Wildman–Crippen MR) is 69.9 cm³/mol. The number of phenolic OH excluding ortho intramolecular Hbond substituents is 2. The molecule has 0 aromatic heterocycles. The summed E-state index contributed by atoms with van der Waals surface area (Å²) in [6.45, 7) is 1.94. The van der Waals surface area contributed by atoms with Gasteiger partial charge in [0.2, 0.25) is 0 Å². The van der Waals surface area contributed by atoms with Crippen LogP contribution in [0.1, 0.15) is 16.7 Å². The highest BCUT2D eigenvalue weighted by molar-refractivity contribution is 5.70. The van der Waals surface area contributed by atoms with E-state index in [1.165, 1.54) is 0 Å². The van der Waals surface area contributed by atoms with Gasteiger partial charge in [0, 0.05) is 0 Å². The Bertz CT molecular complexity index is 519. The molecule has 0 heterocycles. The highest BCUT2D eigenvalue weighted by Gasteiger charge is 1.94. The number of rotatable bonds is 2. The number of aryl methyl sites for hydroxylation is 1. The van der Waals surface area contributed by atoms with Crippen molar-refractivity contribution in [2.75, 3.05) is 0 Å². The van der Waals surface area contributed by atoms with Crippen molar-refractivity contribution in [1.82, 2.24) is 0 Å². The van der Waals surface area contributed by atoms with E-state index in [0.717, 1.165) is 16.7 Å². The van der Waals surface area contributed by atoms with Crippen LogP contribution < -0.4 is 0 Å². The fraction of sp³-hybridized carbons (Fsp3) is 0.0667. The first-order valence-electron chi connectivity index (χ1n) is 5.41. The van der Waals surface area contributed by atoms with E-state index in [1.807, 2.05) is 37.3 Å². The van der Waals surface area contributed by atoms with Crippen molar-refractivity contribution in [2.45, 2.75) is 6.92 Å². The fourth-order valence-electron chi connectivity index (χ4n) is 1.67. The van der Waals surface area contributed by atoms with E-state index in [1.54, 1.807) is 24.3 Å². The molecular formula is C15H14O2. The van der Waals surface area contributed by atoms with Gasteiger partial charge >= 0.3 is 0 Å². The number of phenols is 2. The number of hydrogen-bond donors (Lipinski definition) is 2. The lowest BCUT2D eigenvalue weighted by Gasteiger charge is -1.99. The molecule has 0 atom stereocenters. The van der Waals surface area contributed by atoms with Crippen molar-refractivity contribution in [3.63, 3.8) is 0 Å². The first-order valence-corrected chi connectivity index (χ1v) is 5.41. The third kappa shape index (κ3) is 3.11. The number of aromatic hydroxyl groups is 2. The summed E-state index contributed by atoms with van der Waals surface area (Å²) in [7, 11) is 0. The average molecular weight is 226 g/mol. The lowest BCUT2D eigenvalue weighted by atomic mass is 10.1. The van der Waals surface area contributed by atoms with Gasteiger partial charge in [-0.05, 0) is 47.9 Å². The molecular weight excluding hydrogens is 212 g/mol. The van der Waals surface area contributed by atoms with Gasteiger partial charge in [-0.2, -0.15) is 0 Å². The van der Waals surface area contributed by atoms with Gasteiger partial charge in [-0.3, -0.25) is 0 Å². The van der Waals surface area contributed by atoms with Crippen LogP contribution in [0.3, 0.4) is 0 Å². The van der Waals surface area contributed by atoms with E-state index < -0.39 is 0 Å². The van der Waals surface area contributed by atoms with Crippen LogP contribution in [-0.4, -0.2) is 10.2 Å². The second-order valence-corrected chi connectivity index (χ2v) is 4.03. The summed E-state index contributed by atoms with van der Waals surface area (Å²) >= 11 is 0. The van der Waals surface area contributed by atoms with Gasteiger partial charge in [-0.1, -0.05) is 30.4 Å². The Hall–Kier alpha value is -2.22. The van der Waals surface area contributed by atoms with Crippen molar-refractivity contribution in [3.8, 4) is 11.5 Å².